The highest BCUT2D eigenvalue weighted by molar-refractivity contribution is 6.36. The molecule has 6 nitrogen and oxygen atoms in total. The van der Waals surface area contributed by atoms with Crippen LogP contribution < -0.4 is 20.1 Å². The van der Waals surface area contributed by atoms with Crippen molar-refractivity contribution < 1.29 is 19.1 Å². The summed E-state index contributed by atoms with van der Waals surface area (Å²) in [5.41, 5.74) is 0. The monoisotopic (exact) mass is 546 g/mol. The van der Waals surface area contributed by atoms with E-state index in [1.807, 2.05) is 0 Å². The summed E-state index contributed by atoms with van der Waals surface area (Å²) in [5, 5.41) is 7.71. The second kappa shape index (κ2) is 12.2. The van der Waals surface area contributed by atoms with E-state index in [4.69, 9.17) is 55.9 Å². The van der Waals surface area contributed by atoms with Crippen LogP contribution >= 0.6 is 46.4 Å². The predicted molar refractivity (Wildman–Crippen MR) is 135 cm³/mol. The fourth-order valence-electron chi connectivity index (χ4n) is 3.65. The molecule has 0 radical (unpaired) electrons. The lowest BCUT2D eigenvalue weighted by Crippen LogP contribution is -2.48. The molecular formula is C24H26Cl4N2O4. The molecule has 2 unspecified atom stereocenters. The van der Waals surface area contributed by atoms with Crippen LogP contribution in [0.5, 0.6) is 11.5 Å². The molecule has 0 aromatic heterocycles. The molecule has 0 aliphatic heterocycles. The standard InChI is InChI=1S/C24H26Cl4N2O4/c1-13(33-21-9-3-15(25)11-19(21)27)23(31)29-17-5-7-18(8-6-17)30-24(32)14(2)34-22-10-4-16(26)12-20(22)28/h3-4,9-14,17-18H,5-8H2,1-2H3,(H,29,31)(H,30,32). The maximum Gasteiger partial charge on any atom is 0.260 e. The maximum absolute atomic E-state index is 12.6. The van der Waals surface area contributed by atoms with E-state index in [1.54, 1.807) is 50.2 Å². The lowest BCUT2D eigenvalue weighted by molar-refractivity contribution is -0.129. The van der Waals surface area contributed by atoms with Crippen LogP contribution in [-0.4, -0.2) is 36.1 Å². The van der Waals surface area contributed by atoms with Crippen LogP contribution in [0.1, 0.15) is 39.5 Å². The number of halogens is 4. The number of hydrogen-bond donors (Lipinski definition) is 2. The van der Waals surface area contributed by atoms with Gasteiger partial charge in [0.1, 0.15) is 11.5 Å². The molecule has 34 heavy (non-hydrogen) atoms. The first kappa shape index (κ1) is 26.7. The van der Waals surface area contributed by atoms with Crippen LogP contribution in [0.4, 0.5) is 0 Å². The van der Waals surface area contributed by atoms with Crippen molar-refractivity contribution in [3.63, 3.8) is 0 Å². The van der Waals surface area contributed by atoms with E-state index < -0.39 is 12.2 Å². The Bertz CT molecular complexity index is 947. The molecule has 2 N–H and O–H groups in total. The van der Waals surface area contributed by atoms with Crippen molar-refractivity contribution in [3.8, 4) is 11.5 Å². The minimum atomic E-state index is -0.714. The summed E-state index contributed by atoms with van der Waals surface area (Å²) < 4.78 is 11.4. The van der Waals surface area contributed by atoms with Gasteiger partial charge >= 0.3 is 0 Å². The molecule has 2 amide bonds. The van der Waals surface area contributed by atoms with Gasteiger partial charge in [-0.1, -0.05) is 46.4 Å². The molecule has 3 rings (SSSR count). The zero-order valence-electron chi connectivity index (χ0n) is 18.7. The highest BCUT2D eigenvalue weighted by Gasteiger charge is 2.27. The van der Waals surface area contributed by atoms with E-state index in [-0.39, 0.29) is 23.9 Å². The van der Waals surface area contributed by atoms with E-state index in [1.165, 1.54) is 0 Å². The zero-order valence-corrected chi connectivity index (χ0v) is 21.8. The maximum atomic E-state index is 12.6. The molecule has 10 heteroatoms. The molecule has 0 bridgehead atoms. The highest BCUT2D eigenvalue weighted by Crippen LogP contribution is 2.29. The first-order valence-electron chi connectivity index (χ1n) is 11.0. The predicted octanol–water partition coefficient (Wildman–Crippen LogP) is 6.08. The quantitative estimate of drug-likeness (QED) is 0.420. The van der Waals surface area contributed by atoms with Gasteiger partial charge in [0.2, 0.25) is 0 Å². The van der Waals surface area contributed by atoms with Gasteiger partial charge in [-0.25, -0.2) is 0 Å². The van der Waals surface area contributed by atoms with Crippen LogP contribution in [0.25, 0.3) is 0 Å². The molecule has 1 saturated carbocycles. The number of benzene rings is 2. The van der Waals surface area contributed by atoms with Gasteiger partial charge in [0.15, 0.2) is 12.2 Å². The summed E-state index contributed by atoms with van der Waals surface area (Å²) in [4.78, 5) is 25.1. The Balaban J connectivity index is 1.41. The molecular weight excluding hydrogens is 522 g/mol. The van der Waals surface area contributed by atoms with Crippen molar-refractivity contribution in [1.82, 2.24) is 10.6 Å². The summed E-state index contributed by atoms with van der Waals surface area (Å²) in [5.74, 6) is 0.355. The smallest absolute Gasteiger partial charge is 0.260 e. The van der Waals surface area contributed by atoms with Crippen molar-refractivity contribution in [3.05, 3.63) is 56.5 Å². The number of amides is 2. The van der Waals surface area contributed by atoms with Gasteiger partial charge in [0.25, 0.3) is 11.8 Å². The van der Waals surface area contributed by atoms with Gasteiger partial charge in [0, 0.05) is 22.1 Å². The summed E-state index contributed by atoms with van der Waals surface area (Å²) in [7, 11) is 0. The van der Waals surface area contributed by atoms with Crippen molar-refractivity contribution in [2.75, 3.05) is 0 Å². The van der Waals surface area contributed by atoms with E-state index in [0.717, 1.165) is 25.7 Å². The molecule has 2 atom stereocenters. The largest absolute Gasteiger partial charge is 0.479 e. The Morgan fingerprint density at radius 2 is 1.09 bits per heavy atom. The van der Waals surface area contributed by atoms with Crippen LogP contribution in [0.15, 0.2) is 36.4 Å². The van der Waals surface area contributed by atoms with Crippen LogP contribution in [0.3, 0.4) is 0 Å². The van der Waals surface area contributed by atoms with E-state index in [2.05, 4.69) is 10.6 Å². The highest BCUT2D eigenvalue weighted by atomic mass is 35.5. The number of nitrogens with one attached hydrogen (secondary N) is 2. The first-order valence-corrected chi connectivity index (χ1v) is 12.5. The fourth-order valence-corrected chi connectivity index (χ4v) is 4.55. The van der Waals surface area contributed by atoms with E-state index in [9.17, 15) is 9.59 Å². The first-order chi connectivity index (χ1) is 16.1. The number of ether oxygens (including phenoxy) is 2. The third-order valence-electron chi connectivity index (χ3n) is 5.55. The topological polar surface area (TPSA) is 76.7 Å². The third-order valence-corrected chi connectivity index (χ3v) is 6.61. The molecule has 1 aliphatic carbocycles. The normalized spacial score (nSPS) is 19.6. The summed E-state index contributed by atoms with van der Waals surface area (Å²) in [6.07, 6.45) is 1.53. The Kier molecular flexibility index (Phi) is 9.60. The Labute approximate surface area is 219 Å². The SMILES string of the molecule is CC(Oc1ccc(Cl)cc1Cl)C(=O)NC1CCC(NC(=O)C(C)Oc2ccc(Cl)cc2Cl)CC1. The Morgan fingerprint density at radius 3 is 1.41 bits per heavy atom. The van der Waals surface area contributed by atoms with Crippen molar-refractivity contribution in [1.29, 1.82) is 0 Å². The molecule has 1 fully saturated rings. The molecule has 0 spiro atoms. The second-order valence-electron chi connectivity index (χ2n) is 8.24. The molecule has 0 saturated heterocycles. The zero-order chi connectivity index (χ0) is 24.8. The minimum absolute atomic E-state index is 0.00828. The molecule has 2 aromatic rings. The van der Waals surface area contributed by atoms with Gasteiger partial charge in [-0.15, -0.1) is 0 Å². The summed E-state index contributed by atoms with van der Waals surface area (Å²) in [6.45, 7) is 3.33. The Hall–Kier alpha value is -1.86. The van der Waals surface area contributed by atoms with Crippen LogP contribution in [0, 0.1) is 0 Å². The molecule has 2 aromatic carbocycles. The van der Waals surface area contributed by atoms with Gasteiger partial charge < -0.3 is 20.1 Å². The van der Waals surface area contributed by atoms with Gasteiger partial charge in [-0.05, 0) is 75.9 Å². The lowest BCUT2D eigenvalue weighted by Gasteiger charge is -2.31. The summed E-state index contributed by atoms with van der Waals surface area (Å²) in [6, 6.07) is 9.71. The minimum Gasteiger partial charge on any atom is -0.479 e. The molecule has 1 aliphatic rings. The average molecular weight is 548 g/mol. The number of carbonyl (C=O) groups is 2. The Morgan fingerprint density at radius 1 is 0.735 bits per heavy atom. The second-order valence-corrected chi connectivity index (χ2v) is 9.92. The van der Waals surface area contributed by atoms with Crippen molar-refractivity contribution in [2.24, 2.45) is 0 Å². The third kappa shape index (κ3) is 7.57. The van der Waals surface area contributed by atoms with Gasteiger partial charge in [-0.3, -0.25) is 9.59 Å². The summed E-state index contributed by atoms with van der Waals surface area (Å²) >= 11 is 24.0. The van der Waals surface area contributed by atoms with Crippen molar-refractivity contribution in [2.45, 2.75) is 63.8 Å². The van der Waals surface area contributed by atoms with E-state index >= 15 is 0 Å². The molecule has 184 valence electrons. The van der Waals surface area contributed by atoms with E-state index in [0.29, 0.717) is 31.6 Å². The fraction of sp³-hybridized carbons (Fsp3) is 0.417. The van der Waals surface area contributed by atoms with Crippen LogP contribution in [-0.2, 0) is 9.59 Å². The van der Waals surface area contributed by atoms with Crippen LogP contribution in [0.2, 0.25) is 20.1 Å². The van der Waals surface area contributed by atoms with Gasteiger partial charge in [0.05, 0.1) is 10.0 Å². The van der Waals surface area contributed by atoms with Crippen molar-refractivity contribution >= 4 is 58.2 Å². The number of carbonyl (C=O) groups excluding carboxylic acids is 2. The number of hydrogen-bond acceptors (Lipinski definition) is 4. The molecule has 0 heterocycles. The number of rotatable bonds is 8. The van der Waals surface area contributed by atoms with Gasteiger partial charge in [-0.2, -0.15) is 0 Å². The lowest BCUT2D eigenvalue weighted by atomic mass is 9.91. The average Bonchev–Trinajstić information content (AvgIpc) is 2.78.